The lowest BCUT2D eigenvalue weighted by Crippen LogP contribution is -2.39. The van der Waals surface area contributed by atoms with E-state index in [1.807, 2.05) is 13.8 Å². The van der Waals surface area contributed by atoms with Crippen LogP contribution in [0.1, 0.15) is 39.5 Å². The topological polar surface area (TPSA) is 130 Å². The Morgan fingerprint density at radius 2 is 1.59 bits per heavy atom. The Kier molecular flexibility index (Phi) is 8.61. The van der Waals surface area contributed by atoms with Crippen molar-refractivity contribution < 1.29 is 23.5 Å². The number of nitrogens with zero attached hydrogens (tertiary/aromatic N) is 5. The molecule has 3 heterocycles. The number of imide groups is 1. The molecule has 3 amide bonds. The summed E-state index contributed by atoms with van der Waals surface area (Å²) in [6.45, 7) is 5.18. The molecule has 11 nitrogen and oxygen atoms in total. The van der Waals surface area contributed by atoms with Crippen molar-refractivity contribution in [2.24, 2.45) is 0 Å². The van der Waals surface area contributed by atoms with Crippen molar-refractivity contribution in [3.8, 4) is 18.1 Å². The summed E-state index contributed by atoms with van der Waals surface area (Å²) in [5, 5.41) is 6.12. The van der Waals surface area contributed by atoms with E-state index < -0.39 is 17.6 Å². The van der Waals surface area contributed by atoms with Crippen molar-refractivity contribution in [2.75, 3.05) is 46.7 Å². The fourth-order valence-corrected chi connectivity index (χ4v) is 4.59. The van der Waals surface area contributed by atoms with Crippen LogP contribution >= 0.6 is 11.6 Å². The van der Waals surface area contributed by atoms with Crippen LogP contribution in [0.3, 0.4) is 0 Å². The van der Waals surface area contributed by atoms with Gasteiger partial charge in [-0.3, -0.25) is 19.3 Å². The molecule has 1 aromatic carbocycles. The second kappa shape index (κ2) is 12.1. The lowest BCUT2D eigenvalue weighted by molar-refractivity contribution is -0.121. The summed E-state index contributed by atoms with van der Waals surface area (Å²) in [6.07, 6.45) is 8.01. The smallest absolute Gasteiger partial charge is 0.265 e. The Balaban J connectivity index is 0.000000229. The maximum absolute atomic E-state index is 14.7. The first kappa shape index (κ1) is 27.8. The van der Waals surface area contributed by atoms with Gasteiger partial charge in [0.15, 0.2) is 12.4 Å². The number of terminal acetylenes is 1. The van der Waals surface area contributed by atoms with Crippen LogP contribution in [-0.4, -0.2) is 58.9 Å². The van der Waals surface area contributed by atoms with Crippen LogP contribution in [-0.2, 0) is 14.4 Å². The number of anilines is 4. The lowest BCUT2D eigenvalue weighted by Gasteiger charge is -2.29. The van der Waals surface area contributed by atoms with E-state index >= 15 is 0 Å². The van der Waals surface area contributed by atoms with Crippen LogP contribution in [0.25, 0.3) is 0 Å². The van der Waals surface area contributed by atoms with E-state index in [4.69, 9.17) is 22.8 Å². The van der Waals surface area contributed by atoms with Gasteiger partial charge in [-0.25, -0.2) is 9.29 Å². The van der Waals surface area contributed by atoms with Crippen molar-refractivity contribution in [3.05, 3.63) is 34.4 Å². The van der Waals surface area contributed by atoms with Gasteiger partial charge >= 0.3 is 0 Å². The van der Waals surface area contributed by atoms with Crippen molar-refractivity contribution in [1.29, 1.82) is 0 Å². The predicted molar refractivity (Wildman–Crippen MR) is 144 cm³/mol. The number of carbonyl (C=O) groups excluding carboxylic acids is 3. The quantitative estimate of drug-likeness (QED) is 0.407. The van der Waals surface area contributed by atoms with Gasteiger partial charge < -0.3 is 15.4 Å². The number of halogens is 2. The van der Waals surface area contributed by atoms with E-state index in [0.29, 0.717) is 35.9 Å². The van der Waals surface area contributed by atoms with Crippen LogP contribution in [0.4, 0.5) is 27.7 Å². The van der Waals surface area contributed by atoms with Gasteiger partial charge in [0.25, 0.3) is 17.7 Å². The van der Waals surface area contributed by atoms with Gasteiger partial charge in [0.2, 0.25) is 17.2 Å². The Morgan fingerprint density at radius 3 is 2.13 bits per heavy atom. The summed E-state index contributed by atoms with van der Waals surface area (Å²) in [4.78, 5) is 51.4. The van der Waals surface area contributed by atoms with Crippen molar-refractivity contribution in [1.82, 2.24) is 15.0 Å². The highest BCUT2D eigenvalue weighted by atomic mass is 35.5. The summed E-state index contributed by atoms with van der Waals surface area (Å²) in [7, 11) is 0. The first-order valence-electron chi connectivity index (χ1n) is 12.5. The Labute approximate surface area is 229 Å². The molecule has 2 N–H and O–H groups in total. The van der Waals surface area contributed by atoms with Crippen LogP contribution in [0.5, 0.6) is 5.75 Å². The molecule has 5 rings (SSSR count). The highest BCUT2D eigenvalue weighted by Gasteiger charge is 2.41. The van der Waals surface area contributed by atoms with Crippen LogP contribution in [0, 0.1) is 18.2 Å². The molecule has 1 aliphatic carbocycles. The van der Waals surface area contributed by atoms with Gasteiger partial charge in [-0.2, -0.15) is 15.0 Å². The number of fused-ring (bicyclic) bond motifs is 1. The zero-order chi connectivity index (χ0) is 28.1. The summed E-state index contributed by atoms with van der Waals surface area (Å²) < 4.78 is 19.9. The number of benzene rings is 1. The van der Waals surface area contributed by atoms with Gasteiger partial charge in [-0.05, 0) is 57.2 Å². The van der Waals surface area contributed by atoms with Gasteiger partial charge in [0, 0.05) is 30.3 Å². The molecule has 13 heteroatoms. The summed E-state index contributed by atoms with van der Waals surface area (Å²) in [5.74, 6) is 1.40. The molecule has 2 aromatic rings. The number of carbonyl (C=O) groups is 3. The first-order chi connectivity index (χ1) is 18.8. The number of nitrogens with one attached hydrogen (secondary N) is 2. The van der Waals surface area contributed by atoms with Gasteiger partial charge in [0.05, 0.1) is 17.9 Å². The molecule has 0 spiro atoms. The Bertz CT molecular complexity index is 1340. The van der Waals surface area contributed by atoms with Gasteiger partial charge in [0.1, 0.15) is 5.75 Å². The van der Waals surface area contributed by atoms with Gasteiger partial charge in [-0.1, -0.05) is 5.92 Å². The molecule has 1 aromatic heterocycles. The number of hydrogen-bond acceptors (Lipinski definition) is 9. The third-order valence-electron chi connectivity index (χ3n) is 6.13. The largest absolute Gasteiger partial charge is 0.481 e. The molecule has 0 saturated heterocycles. The van der Waals surface area contributed by atoms with Crippen molar-refractivity contribution >= 4 is 52.6 Å². The molecule has 0 saturated carbocycles. The Hall–Kier alpha value is -4.24. The number of hydrogen-bond donors (Lipinski definition) is 2. The number of ether oxygens (including phenoxy) is 1. The molecular weight excluding hydrogens is 529 g/mol. The molecule has 0 radical (unpaired) electrons. The van der Waals surface area contributed by atoms with E-state index in [1.54, 1.807) is 0 Å². The maximum Gasteiger partial charge on any atom is 0.265 e. The third-order valence-corrected chi connectivity index (χ3v) is 6.30. The zero-order valence-corrected chi connectivity index (χ0v) is 22.3. The third kappa shape index (κ3) is 5.78. The average molecular weight is 556 g/mol. The monoisotopic (exact) mass is 555 g/mol. The summed E-state index contributed by atoms with van der Waals surface area (Å²) in [6, 6.07) is 2.37. The number of rotatable bonds is 6. The SMILES string of the molecule is C#CCN1C(=O)COc2cc(F)c(N3C(=O)C4=C(CCCC4)C3=O)cc21.CCNc1nc(Cl)nc(NCC)n1. The minimum atomic E-state index is -0.764. The van der Waals surface area contributed by atoms with Crippen molar-refractivity contribution in [2.45, 2.75) is 39.5 Å². The molecule has 3 aliphatic rings. The highest BCUT2D eigenvalue weighted by molar-refractivity contribution is 6.33. The predicted octanol–water partition coefficient (Wildman–Crippen LogP) is 3.32. The van der Waals surface area contributed by atoms with E-state index in [0.717, 1.165) is 36.9 Å². The fraction of sp³-hybridized carbons (Fsp3) is 0.385. The minimum Gasteiger partial charge on any atom is -0.481 e. The second-order valence-corrected chi connectivity index (χ2v) is 9.00. The molecule has 0 atom stereocenters. The average Bonchev–Trinajstić information content (AvgIpc) is 3.16. The Morgan fingerprint density at radius 1 is 1.00 bits per heavy atom. The molecule has 0 unspecified atom stereocenters. The molecule has 2 aliphatic heterocycles. The molecule has 39 heavy (non-hydrogen) atoms. The fourth-order valence-electron chi connectivity index (χ4n) is 4.43. The standard InChI is InChI=1S/C19H15FN2O4.C7H12ClN5/c1-2-7-21-15-9-14(13(20)8-16(15)26-10-17(21)23)22-18(24)11-5-3-4-6-12(11)19(22)25;1-3-9-6-11-5(8)12-7(13-6)10-4-2/h1,8-9H,3-7,10H2;3-4H2,1-2H3,(H2,9,10,11,12,13). The van der Waals surface area contributed by atoms with Crippen LogP contribution in [0.15, 0.2) is 23.3 Å². The molecule has 204 valence electrons. The first-order valence-corrected chi connectivity index (χ1v) is 12.9. The van der Waals surface area contributed by atoms with Crippen LogP contribution < -0.4 is 25.2 Å². The van der Waals surface area contributed by atoms with Crippen molar-refractivity contribution in [3.63, 3.8) is 0 Å². The second-order valence-electron chi connectivity index (χ2n) is 8.67. The van der Waals surface area contributed by atoms with Crippen LogP contribution in [0.2, 0.25) is 5.28 Å². The van der Waals surface area contributed by atoms with E-state index in [9.17, 15) is 18.8 Å². The minimum absolute atomic E-state index is 0.0170. The highest BCUT2D eigenvalue weighted by Crippen LogP contribution is 2.41. The molecule has 0 bridgehead atoms. The lowest BCUT2D eigenvalue weighted by atomic mass is 9.93. The molecule has 0 fully saturated rings. The number of amides is 3. The summed E-state index contributed by atoms with van der Waals surface area (Å²) in [5.41, 5.74) is 0.992. The molecular formula is C26H27ClFN7O4. The zero-order valence-electron chi connectivity index (χ0n) is 21.5. The maximum atomic E-state index is 14.7. The van der Waals surface area contributed by atoms with E-state index in [2.05, 4.69) is 31.5 Å². The summed E-state index contributed by atoms with van der Waals surface area (Å²) >= 11 is 5.68. The number of aromatic nitrogens is 3. The van der Waals surface area contributed by atoms with E-state index in [1.165, 1.54) is 11.0 Å². The van der Waals surface area contributed by atoms with E-state index in [-0.39, 0.29) is 41.5 Å². The normalized spacial score (nSPS) is 16.1. The van der Waals surface area contributed by atoms with Gasteiger partial charge in [-0.15, -0.1) is 6.42 Å².